The van der Waals surface area contributed by atoms with Crippen LogP contribution in [0.3, 0.4) is 0 Å². The number of rotatable bonds is 2. The van der Waals surface area contributed by atoms with E-state index in [4.69, 9.17) is 10.1 Å². The smallest absolute Gasteiger partial charge is 0.266 e. The number of benzene rings is 1. The van der Waals surface area contributed by atoms with Crippen molar-refractivity contribution >= 4 is 10.0 Å². The molecular formula is C11H12N2O3S. The largest absolute Gasteiger partial charge is 0.284 e. The van der Waals surface area contributed by atoms with Crippen molar-refractivity contribution in [1.82, 2.24) is 4.47 Å². The highest BCUT2D eigenvalue weighted by molar-refractivity contribution is 7.89. The first-order valence-electron chi connectivity index (χ1n) is 5.31. The van der Waals surface area contributed by atoms with Gasteiger partial charge in [0.15, 0.2) is 0 Å². The van der Waals surface area contributed by atoms with E-state index < -0.39 is 10.0 Å². The number of sulfonamides is 1. The predicted molar refractivity (Wildman–Crippen MR) is 60.2 cm³/mol. The Balaban J connectivity index is 2.41. The van der Waals surface area contributed by atoms with Gasteiger partial charge in [0.2, 0.25) is 0 Å². The number of nitriles is 1. The molecule has 1 aromatic rings. The van der Waals surface area contributed by atoms with E-state index in [9.17, 15) is 8.42 Å². The maximum atomic E-state index is 12.2. The summed E-state index contributed by atoms with van der Waals surface area (Å²) >= 11 is 0. The van der Waals surface area contributed by atoms with Gasteiger partial charge in [0.05, 0.1) is 12.2 Å². The second-order valence-electron chi connectivity index (χ2n) is 3.68. The van der Waals surface area contributed by atoms with Crippen LogP contribution in [-0.4, -0.2) is 26.0 Å². The quantitative estimate of drug-likeness (QED) is 0.794. The zero-order valence-corrected chi connectivity index (χ0v) is 9.98. The Morgan fingerprint density at radius 2 is 2.06 bits per heavy atom. The van der Waals surface area contributed by atoms with Crippen molar-refractivity contribution in [2.75, 3.05) is 13.2 Å². The second-order valence-corrected chi connectivity index (χ2v) is 5.48. The van der Waals surface area contributed by atoms with Gasteiger partial charge < -0.3 is 0 Å². The van der Waals surface area contributed by atoms with Gasteiger partial charge in [0, 0.05) is 6.54 Å². The van der Waals surface area contributed by atoms with Crippen molar-refractivity contribution in [2.45, 2.75) is 17.7 Å². The molecule has 0 radical (unpaired) electrons. The zero-order valence-electron chi connectivity index (χ0n) is 9.17. The van der Waals surface area contributed by atoms with Crippen LogP contribution in [0, 0.1) is 11.3 Å². The third-order valence-corrected chi connectivity index (χ3v) is 4.26. The van der Waals surface area contributed by atoms with Crippen LogP contribution in [-0.2, 0) is 14.9 Å². The van der Waals surface area contributed by atoms with E-state index in [-0.39, 0.29) is 10.5 Å². The van der Waals surface area contributed by atoms with Crippen LogP contribution in [0.4, 0.5) is 0 Å². The molecule has 0 atom stereocenters. The van der Waals surface area contributed by atoms with Gasteiger partial charge in [-0.3, -0.25) is 4.84 Å². The Morgan fingerprint density at radius 1 is 1.29 bits per heavy atom. The lowest BCUT2D eigenvalue weighted by Crippen LogP contribution is -2.36. The highest BCUT2D eigenvalue weighted by atomic mass is 32.2. The minimum atomic E-state index is -3.72. The van der Waals surface area contributed by atoms with Crippen LogP contribution in [0.15, 0.2) is 29.2 Å². The van der Waals surface area contributed by atoms with Crippen LogP contribution < -0.4 is 0 Å². The van der Waals surface area contributed by atoms with E-state index in [0.29, 0.717) is 13.2 Å². The van der Waals surface area contributed by atoms with Crippen molar-refractivity contribution in [2.24, 2.45) is 0 Å². The Hall–Kier alpha value is -1.42. The van der Waals surface area contributed by atoms with E-state index in [1.165, 1.54) is 12.1 Å². The molecule has 0 N–H and O–H groups in total. The molecule has 1 fully saturated rings. The first kappa shape index (κ1) is 12.0. The van der Waals surface area contributed by atoms with Crippen molar-refractivity contribution in [3.05, 3.63) is 29.8 Å². The number of hydrogen-bond acceptors (Lipinski definition) is 4. The van der Waals surface area contributed by atoms with Gasteiger partial charge in [-0.1, -0.05) is 16.6 Å². The Bertz CT molecular complexity index is 542. The van der Waals surface area contributed by atoms with E-state index in [2.05, 4.69) is 0 Å². The summed E-state index contributed by atoms with van der Waals surface area (Å²) in [6.45, 7) is 0.732. The Kier molecular flexibility index (Phi) is 3.43. The minimum Gasteiger partial charge on any atom is -0.284 e. The van der Waals surface area contributed by atoms with E-state index in [0.717, 1.165) is 17.3 Å². The lowest BCUT2D eigenvalue weighted by atomic mass is 10.2. The minimum absolute atomic E-state index is 0.00407. The molecule has 0 aromatic heterocycles. The molecule has 0 unspecified atom stereocenters. The standard InChI is InChI=1S/C11H12N2O3S/c12-9-10-5-1-2-6-11(10)17(14,15)13-7-3-4-8-16-13/h1-2,5-6H,3-4,7-8H2. The molecule has 1 heterocycles. The maximum Gasteiger partial charge on any atom is 0.266 e. The molecule has 6 heteroatoms. The highest BCUT2D eigenvalue weighted by Crippen LogP contribution is 2.22. The molecule has 5 nitrogen and oxygen atoms in total. The van der Waals surface area contributed by atoms with Crippen LogP contribution >= 0.6 is 0 Å². The molecule has 1 saturated heterocycles. The molecule has 90 valence electrons. The SMILES string of the molecule is N#Cc1ccccc1S(=O)(=O)N1CCCCO1. The summed E-state index contributed by atoms with van der Waals surface area (Å²) in [5, 5.41) is 8.91. The summed E-state index contributed by atoms with van der Waals surface area (Å²) in [5.41, 5.74) is 0.140. The molecule has 1 aliphatic heterocycles. The van der Waals surface area contributed by atoms with Gasteiger partial charge >= 0.3 is 0 Å². The summed E-state index contributed by atoms with van der Waals surface area (Å²) in [7, 11) is -3.72. The normalized spacial score (nSPS) is 17.6. The molecule has 0 saturated carbocycles. The fraction of sp³-hybridized carbons (Fsp3) is 0.364. The zero-order chi connectivity index (χ0) is 12.3. The summed E-state index contributed by atoms with van der Waals surface area (Å²) in [4.78, 5) is 5.14. The van der Waals surface area contributed by atoms with Crippen molar-refractivity contribution < 1.29 is 13.3 Å². The first-order valence-corrected chi connectivity index (χ1v) is 6.75. The van der Waals surface area contributed by atoms with Gasteiger partial charge in [-0.05, 0) is 25.0 Å². The summed E-state index contributed by atoms with van der Waals surface area (Å²) in [6, 6.07) is 8.01. The van der Waals surface area contributed by atoms with Crippen LogP contribution in [0.2, 0.25) is 0 Å². The Labute approximate surface area is 100 Å². The molecular weight excluding hydrogens is 240 g/mol. The third kappa shape index (κ3) is 2.31. The molecule has 0 bridgehead atoms. The predicted octanol–water partition coefficient (Wildman–Crippen LogP) is 1.27. The number of hydrogen-bond donors (Lipinski definition) is 0. The summed E-state index contributed by atoms with van der Waals surface area (Å²) < 4.78 is 25.4. The van der Waals surface area contributed by atoms with Gasteiger partial charge in [-0.25, -0.2) is 8.42 Å². The maximum absolute atomic E-state index is 12.2. The lowest BCUT2D eigenvalue weighted by molar-refractivity contribution is -0.108. The molecule has 1 aromatic carbocycles. The monoisotopic (exact) mass is 252 g/mol. The van der Waals surface area contributed by atoms with E-state index in [1.54, 1.807) is 12.1 Å². The van der Waals surface area contributed by atoms with Crippen LogP contribution in [0.5, 0.6) is 0 Å². The fourth-order valence-corrected chi connectivity index (χ4v) is 3.10. The highest BCUT2D eigenvalue weighted by Gasteiger charge is 2.29. The third-order valence-electron chi connectivity index (χ3n) is 2.52. The van der Waals surface area contributed by atoms with E-state index >= 15 is 0 Å². The molecule has 1 aliphatic rings. The van der Waals surface area contributed by atoms with Gasteiger partial charge in [-0.2, -0.15) is 5.26 Å². The molecule has 0 amide bonds. The lowest BCUT2D eigenvalue weighted by Gasteiger charge is -2.25. The van der Waals surface area contributed by atoms with E-state index in [1.807, 2.05) is 6.07 Å². The van der Waals surface area contributed by atoms with Crippen molar-refractivity contribution in [3.63, 3.8) is 0 Å². The first-order chi connectivity index (χ1) is 8.16. The molecule has 0 spiro atoms. The van der Waals surface area contributed by atoms with Gasteiger partial charge in [0.1, 0.15) is 11.0 Å². The molecule has 0 aliphatic carbocycles. The van der Waals surface area contributed by atoms with Crippen molar-refractivity contribution in [3.8, 4) is 6.07 Å². The number of hydroxylamine groups is 1. The molecule has 17 heavy (non-hydrogen) atoms. The summed E-state index contributed by atoms with van der Waals surface area (Å²) in [6.07, 6.45) is 1.62. The van der Waals surface area contributed by atoms with Crippen LogP contribution in [0.1, 0.15) is 18.4 Å². The second kappa shape index (κ2) is 4.84. The Morgan fingerprint density at radius 3 is 2.71 bits per heavy atom. The number of nitrogens with zero attached hydrogens (tertiary/aromatic N) is 2. The summed E-state index contributed by atoms with van der Waals surface area (Å²) in [5.74, 6) is 0. The van der Waals surface area contributed by atoms with Crippen molar-refractivity contribution in [1.29, 1.82) is 5.26 Å². The average Bonchev–Trinajstić information content (AvgIpc) is 2.39. The molecule has 2 rings (SSSR count). The van der Waals surface area contributed by atoms with Crippen LogP contribution in [0.25, 0.3) is 0 Å². The van der Waals surface area contributed by atoms with Gasteiger partial charge in [-0.15, -0.1) is 0 Å². The topological polar surface area (TPSA) is 70.4 Å². The van der Waals surface area contributed by atoms with Gasteiger partial charge in [0.25, 0.3) is 10.0 Å². The fourth-order valence-electron chi connectivity index (χ4n) is 1.66. The average molecular weight is 252 g/mol.